The van der Waals surface area contributed by atoms with Gasteiger partial charge < -0.3 is 24.5 Å². The number of aliphatic hydroxyl groups is 1. The zero-order valence-electron chi connectivity index (χ0n) is 17.7. The summed E-state index contributed by atoms with van der Waals surface area (Å²) in [7, 11) is 3.58. The molecule has 2 aromatic carbocycles. The van der Waals surface area contributed by atoms with Crippen LogP contribution in [0.5, 0.6) is 0 Å². The molecule has 0 saturated carbocycles. The first-order chi connectivity index (χ1) is 15.1. The fourth-order valence-electron chi connectivity index (χ4n) is 3.01. The largest absolute Gasteiger partial charge is 0.493 e. The number of hydrogen-bond donors (Lipinski definition) is 2. The van der Waals surface area contributed by atoms with Crippen LogP contribution in [0, 0.1) is 0 Å². The Kier molecular flexibility index (Phi) is 8.82. The lowest BCUT2D eigenvalue weighted by molar-refractivity contribution is -0.146. The Morgan fingerprint density at radius 3 is 2.03 bits per heavy atom. The van der Waals surface area contributed by atoms with Crippen LogP contribution in [0.1, 0.15) is 22.8 Å². The van der Waals surface area contributed by atoms with Crippen molar-refractivity contribution < 1.29 is 41.9 Å². The van der Waals surface area contributed by atoms with E-state index in [1.54, 1.807) is 24.3 Å². The molecule has 0 fully saturated rings. The molecule has 172 valence electrons. The van der Waals surface area contributed by atoms with E-state index in [2.05, 4.69) is 5.32 Å². The molecule has 0 bridgehead atoms. The number of halogens is 3. The second kappa shape index (κ2) is 11.1. The first-order valence-corrected chi connectivity index (χ1v) is 9.48. The lowest BCUT2D eigenvalue weighted by atomic mass is 9.78. The second-order valence-corrected chi connectivity index (χ2v) is 6.86. The summed E-state index contributed by atoms with van der Waals surface area (Å²) in [5.74, 6) is -1.69. The van der Waals surface area contributed by atoms with Gasteiger partial charge in [0.2, 0.25) is 0 Å². The van der Waals surface area contributed by atoms with E-state index in [1.165, 1.54) is 14.2 Å². The molecule has 0 unspecified atom stereocenters. The number of rotatable bonds is 9. The molecular formula is C21H23BF3NO6. The molecular weight excluding hydrogens is 430 g/mol. The summed E-state index contributed by atoms with van der Waals surface area (Å²) in [6.07, 6.45) is -6.25. The smallest absolute Gasteiger partial charge is 0.467 e. The summed E-state index contributed by atoms with van der Waals surface area (Å²) in [5, 5.41) is 12.6. The number of nitrogens with one attached hydrogen (secondary N) is 1. The van der Waals surface area contributed by atoms with E-state index in [0.717, 1.165) is 36.8 Å². The molecule has 2 aromatic rings. The third-order valence-electron chi connectivity index (χ3n) is 4.72. The molecule has 32 heavy (non-hydrogen) atoms. The highest BCUT2D eigenvalue weighted by Gasteiger charge is 2.31. The van der Waals surface area contributed by atoms with Crippen LogP contribution in [-0.4, -0.2) is 51.5 Å². The van der Waals surface area contributed by atoms with Crippen LogP contribution in [0.2, 0.25) is 0 Å². The van der Waals surface area contributed by atoms with E-state index in [9.17, 15) is 27.9 Å². The summed E-state index contributed by atoms with van der Waals surface area (Å²) >= 11 is 0. The maximum Gasteiger partial charge on any atom is 0.493 e. The predicted octanol–water partition coefficient (Wildman–Crippen LogP) is 1.63. The number of amides is 1. The molecule has 0 aliphatic heterocycles. The Balaban J connectivity index is 2.11. The van der Waals surface area contributed by atoms with Gasteiger partial charge in [-0.25, -0.2) is 4.79 Å². The lowest BCUT2D eigenvalue weighted by Crippen LogP contribution is -2.45. The molecule has 2 atom stereocenters. The van der Waals surface area contributed by atoms with Crippen molar-refractivity contribution in [2.45, 2.75) is 24.7 Å². The number of methoxy groups -OCH3 is 1. The second-order valence-electron chi connectivity index (χ2n) is 6.86. The number of alkyl halides is 3. The highest BCUT2D eigenvalue weighted by atomic mass is 19.4. The van der Waals surface area contributed by atoms with Crippen LogP contribution >= 0.6 is 0 Å². The van der Waals surface area contributed by atoms with Gasteiger partial charge >= 0.3 is 19.3 Å². The number of aliphatic hydroxyl groups excluding tert-OH is 1. The third-order valence-corrected chi connectivity index (χ3v) is 4.72. The average Bonchev–Trinajstić information content (AvgIpc) is 2.78. The van der Waals surface area contributed by atoms with Crippen LogP contribution in [-0.2, 0) is 36.2 Å². The molecule has 2 rings (SSSR count). The van der Waals surface area contributed by atoms with E-state index in [-0.39, 0.29) is 12.0 Å². The zero-order chi connectivity index (χ0) is 23.9. The number of carbonyl (C=O) groups excluding carboxylic acids is 2. The number of ether oxygens (including phenoxy) is 1. The predicted molar refractivity (Wildman–Crippen MR) is 110 cm³/mol. The highest BCUT2D eigenvalue weighted by Crippen LogP contribution is 2.30. The van der Waals surface area contributed by atoms with E-state index >= 15 is 0 Å². The molecule has 0 spiro atoms. The number of hydrogen-bond acceptors (Lipinski definition) is 6. The van der Waals surface area contributed by atoms with Crippen LogP contribution < -0.4 is 10.8 Å². The molecule has 0 aromatic heterocycles. The molecule has 1 amide bonds. The van der Waals surface area contributed by atoms with Crippen LogP contribution in [0.15, 0.2) is 48.5 Å². The standard InChI is InChI=1S/C21H23BF3NO6/c1-30-20(29)17(12-13-4-10-16(11-5-13)22(31-2)32-3)26-19(28)18(27)14-6-8-15(9-7-14)21(23,24)25/h4-11,17-18,27H,12H2,1-3H3,(H,26,28)/t17-,18+/m1/s1. The van der Waals surface area contributed by atoms with Crippen LogP contribution in [0.4, 0.5) is 13.2 Å². The summed E-state index contributed by atoms with van der Waals surface area (Å²) in [5.41, 5.74) is 0.470. The topological polar surface area (TPSA) is 94.1 Å². The van der Waals surface area contributed by atoms with Crippen LogP contribution in [0.25, 0.3) is 0 Å². The Labute approximate surface area is 183 Å². The molecule has 0 aliphatic rings. The minimum Gasteiger partial charge on any atom is -0.467 e. The number of carbonyl (C=O) groups is 2. The van der Waals surface area contributed by atoms with Crippen molar-refractivity contribution in [3.8, 4) is 0 Å². The summed E-state index contributed by atoms with van der Waals surface area (Å²) < 4.78 is 53.1. The molecule has 7 nitrogen and oxygen atoms in total. The Hall–Kier alpha value is -2.89. The zero-order valence-corrected chi connectivity index (χ0v) is 17.7. The minimum atomic E-state index is -4.54. The van der Waals surface area contributed by atoms with E-state index < -0.39 is 42.9 Å². The van der Waals surface area contributed by atoms with E-state index in [0.29, 0.717) is 5.56 Å². The van der Waals surface area contributed by atoms with Gasteiger partial charge in [-0.15, -0.1) is 0 Å². The summed E-state index contributed by atoms with van der Waals surface area (Å²) in [4.78, 5) is 24.6. The quantitative estimate of drug-likeness (QED) is 0.443. The fourth-order valence-corrected chi connectivity index (χ4v) is 3.01. The first-order valence-electron chi connectivity index (χ1n) is 9.48. The van der Waals surface area contributed by atoms with Gasteiger partial charge in [0.1, 0.15) is 6.04 Å². The van der Waals surface area contributed by atoms with Crippen LogP contribution in [0.3, 0.4) is 0 Å². The normalized spacial score (nSPS) is 13.2. The van der Waals surface area contributed by atoms with Gasteiger partial charge in [-0.3, -0.25) is 4.79 Å². The SMILES string of the molecule is COB(OC)c1ccc(C[C@@H](NC(=O)[C@@H](O)c2ccc(C(F)(F)F)cc2)C(=O)OC)cc1. The van der Waals surface area contributed by atoms with Crippen molar-refractivity contribution >= 4 is 24.5 Å². The molecule has 2 N–H and O–H groups in total. The Morgan fingerprint density at radius 1 is 1.00 bits per heavy atom. The van der Waals surface area contributed by atoms with Gasteiger partial charge in [0.05, 0.1) is 12.7 Å². The average molecular weight is 453 g/mol. The number of esters is 1. The van der Waals surface area contributed by atoms with Gasteiger partial charge in [0.25, 0.3) is 5.91 Å². The van der Waals surface area contributed by atoms with Gasteiger partial charge in [-0.05, 0) is 28.7 Å². The van der Waals surface area contributed by atoms with E-state index in [4.69, 9.17) is 14.0 Å². The maximum atomic E-state index is 12.7. The van der Waals surface area contributed by atoms with Crippen molar-refractivity contribution in [1.82, 2.24) is 5.32 Å². The molecule has 11 heteroatoms. The molecule has 0 aliphatic carbocycles. The van der Waals surface area contributed by atoms with Gasteiger partial charge in [-0.1, -0.05) is 36.4 Å². The maximum absolute atomic E-state index is 12.7. The van der Waals surface area contributed by atoms with E-state index in [1.807, 2.05) is 0 Å². The highest BCUT2D eigenvalue weighted by molar-refractivity contribution is 6.61. The molecule has 0 saturated heterocycles. The Morgan fingerprint density at radius 2 is 1.56 bits per heavy atom. The third kappa shape index (κ3) is 6.55. The fraction of sp³-hybridized carbons (Fsp3) is 0.333. The van der Waals surface area contributed by atoms with Gasteiger partial charge in [-0.2, -0.15) is 13.2 Å². The molecule has 0 radical (unpaired) electrons. The summed E-state index contributed by atoms with van der Waals surface area (Å²) in [6.45, 7) is 0. The summed E-state index contributed by atoms with van der Waals surface area (Å²) in [6, 6.07) is 9.31. The van der Waals surface area contributed by atoms with Crippen molar-refractivity contribution in [2.75, 3.05) is 21.3 Å². The number of benzene rings is 2. The van der Waals surface area contributed by atoms with Crippen molar-refractivity contribution in [1.29, 1.82) is 0 Å². The Bertz CT molecular complexity index is 901. The van der Waals surface area contributed by atoms with Gasteiger partial charge in [0, 0.05) is 20.6 Å². The van der Waals surface area contributed by atoms with Crippen molar-refractivity contribution in [2.24, 2.45) is 0 Å². The van der Waals surface area contributed by atoms with Crippen molar-refractivity contribution in [3.05, 3.63) is 65.2 Å². The minimum absolute atomic E-state index is 0.0476. The lowest BCUT2D eigenvalue weighted by Gasteiger charge is -2.19. The monoisotopic (exact) mass is 453 g/mol. The van der Waals surface area contributed by atoms with Gasteiger partial charge in [0.15, 0.2) is 6.10 Å². The van der Waals surface area contributed by atoms with Crippen molar-refractivity contribution in [3.63, 3.8) is 0 Å². The molecule has 0 heterocycles. The first kappa shape index (κ1) is 25.4.